The SMILES string of the molecule is CCCCCCCCCCCCC/C=C\C/C=C\CCCCCCCCCCCCCCCCCCCC(=O)NC(CO)C(O)CCCCCCCCCCCCCCCCCCC. The first-order valence-electron chi connectivity index (χ1n) is 29.5. The van der Waals surface area contributed by atoms with E-state index in [0.717, 1.165) is 32.1 Å². The number of unbranched alkanes of at least 4 members (excludes halogenated alkanes) is 44. The summed E-state index contributed by atoms with van der Waals surface area (Å²) in [5, 5.41) is 23.3. The Morgan fingerprint density at radius 2 is 0.641 bits per heavy atom. The van der Waals surface area contributed by atoms with Gasteiger partial charge in [0.05, 0.1) is 18.8 Å². The average molecular weight is 901 g/mol. The first-order chi connectivity index (χ1) is 31.7. The minimum atomic E-state index is -0.657. The lowest BCUT2D eigenvalue weighted by Gasteiger charge is -2.22. The zero-order valence-electron chi connectivity index (χ0n) is 43.8. The third-order valence-corrected chi connectivity index (χ3v) is 14.0. The van der Waals surface area contributed by atoms with Crippen LogP contribution in [0.4, 0.5) is 0 Å². The number of hydrogen-bond acceptors (Lipinski definition) is 3. The van der Waals surface area contributed by atoms with Crippen molar-refractivity contribution in [2.24, 2.45) is 0 Å². The summed E-state index contributed by atoms with van der Waals surface area (Å²) in [7, 11) is 0. The van der Waals surface area contributed by atoms with Crippen LogP contribution in [0.15, 0.2) is 24.3 Å². The van der Waals surface area contributed by atoms with Crippen LogP contribution in [-0.2, 0) is 4.79 Å². The highest BCUT2D eigenvalue weighted by Crippen LogP contribution is 2.18. The van der Waals surface area contributed by atoms with Crippen LogP contribution in [0.3, 0.4) is 0 Å². The first kappa shape index (κ1) is 62.9. The Morgan fingerprint density at radius 3 is 0.938 bits per heavy atom. The number of carbonyl (C=O) groups is 1. The van der Waals surface area contributed by atoms with Crippen molar-refractivity contribution in [2.75, 3.05) is 6.61 Å². The predicted molar refractivity (Wildman–Crippen MR) is 286 cm³/mol. The highest BCUT2D eigenvalue weighted by molar-refractivity contribution is 5.76. The molecule has 0 radical (unpaired) electrons. The van der Waals surface area contributed by atoms with Gasteiger partial charge in [-0.1, -0.05) is 308 Å². The number of aliphatic hydroxyl groups is 2. The summed E-state index contributed by atoms with van der Waals surface area (Å²) in [4.78, 5) is 12.5. The maximum absolute atomic E-state index is 12.5. The van der Waals surface area contributed by atoms with Crippen molar-refractivity contribution in [3.8, 4) is 0 Å². The Kier molecular flexibility index (Phi) is 55.2. The molecule has 0 bridgehead atoms. The third-order valence-electron chi connectivity index (χ3n) is 14.0. The lowest BCUT2D eigenvalue weighted by Crippen LogP contribution is -2.45. The van der Waals surface area contributed by atoms with Gasteiger partial charge in [0.15, 0.2) is 0 Å². The van der Waals surface area contributed by atoms with E-state index in [1.54, 1.807) is 0 Å². The highest BCUT2D eigenvalue weighted by Gasteiger charge is 2.20. The van der Waals surface area contributed by atoms with Crippen LogP contribution in [0, 0.1) is 0 Å². The van der Waals surface area contributed by atoms with Crippen molar-refractivity contribution in [3.05, 3.63) is 24.3 Å². The summed E-state index contributed by atoms with van der Waals surface area (Å²) in [5.74, 6) is -0.0255. The van der Waals surface area contributed by atoms with Crippen LogP contribution < -0.4 is 5.32 Å². The van der Waals surface area contributed by atoms with E-state index in [9.17, 15) is 15.0 Å². The third kappa shape index (κ3) is 51.8. The van der Waals surface area contributed by atoms with Gasteiger partial charge in [-0.3, -0.25) is 4.79 Å². The van der Waals surface area contributed by atoms with Gasteiger partial charge in [0, 0.05) is 6.42 Å². The Hall–Kier alpha value is -1.13. The molecule has 0 saturated carbocycles. The zero-order chi connectivity index (χ0) is 46.3. The molecular weight excluding hydrogens is 783 g/mol. The number of amides is 1. The molecule has 64 heavy (non-hydrogen) atoms. The summed E-state index contributed by atoms with van der Waals surface area (Å²) >= 11 is 0. The molecule has 2 unspecified atom stereocenters. The fourth-order valence-corrected chi connectivity index (χ4v) is 9.45. The average Bonchev–Trinajstić information content (AvgIpc) is 3.30. The second kappa shape index (κ2) is 56.2. The van der Waals surface area contributed by atoms with E-state index >= 15 is 0 Å². The van der Waals surface area contributed by atoms with Gasteiger partial charge < -0.3 is 15.5 Å². The summed E-state index contributed by atoms with van der Waals surface area (Å²) < 4.78 is 0. The molecule has 1 amide bonds. The van der Waals surface area contributed by atoms with E-state index < -0.39 is 12.1 Å². The Bertz CT molecular complexity index is 932. The van der Waals surface area contributed by atoms with E-state index in [2.05, 4.69) is 43.5 Å². The van der Waals surface area contributed by atoms with Crippen molar-refractivity contribution in [2.45, 2.75) is 347 Å². The normalized spacial score (nSPS) is 12.9. The number of allylic oxidation sites excluding steroid dienone is 4. The molecule has 0 heterocycles. The molecule has 0 aliphatic rings. The van der Waals surface area contributed by atoms with Crippen LogP contribution in [0.1, 0.15) is 335 Å². The maximum atomic E-state index is 12.5. The summed E-state index contributed by atoms with van der Waals surface area (Å²) in [5.41, 5.74) is 0. The lowest BCUT2D eigenvalue weighted by molar-refractivity contribution is -0.123. The van der Waals surface area contributed by atoms with Gasteiger partial charge >= 0.3 is 0 Å². The monoisotopic (exact) mass is 900 g/mol. The highest BCUT2D eigenvalue weighted by atomic mass is 16.3. The largest absolute Gasteiger partial charge is 0.394 e. The summed E-state index contributed by atoms with van der Waals surface area (Å²) in [6.07, 6.45) is 74.7. The standard InChI is InChI=1S/C60H117NO3/c1-3-5-7-9-11-13-15-17-19-21-22-23-24-25-26-27-28-29-30-31-32-33-34-35-36-37-38-40-42-44-46-48-50-52-54-56-60(64)61-58(57-62)59(63)55-53-51-49-47-45-43-41-39-20-18-16-14-12-10-8-6-4-2/h24-25,27-28,58-59,62-63H,3-23,26,29-57H2,1-2H3,(H,61,64)/b25-24-,28-27-. The van der Waals surface area contributed by atoms with Crippen LogP contribution in [0.2, 0.25) is 0 Å². The molecule has 0 aliphatic heterocycles. The van der Waals surface area contributed by atoms with Crippen molar-refractivity contribution < 1.29 is 15.0 Å². The molecule has 3 N–H and O–H groups in total. The second-order valence-electron chi connectivity index (χ2n) is 20.4. The molecule has 4 heteroatoms. The molecule has 0 saturated heterocycles. The minimum absolute atomic E-state index is 0.0255. The molecular formula is C60H117NO3. The summed E-state index contributed by atoms with van der Waals surface area (Å²) in [6.45, 7) is 4.39. The van der Waals surface area contributed by atoms with Crippen LogP contribution in [0.25, 0.3) is 0 Å². The van der Waals surface area contributed by atoms with Gasteiger partial charge in [0.25, 0.3) is 0 Å². The van der Waals surface area contributed by atoms with Gasteiger partial charge in [-0.05, 0) is 44.9 Å². The van der Waals surface area contributed by atoms with Crippen molar-refractivity contribution in [3.63, 3.8) is 0 Å². The molecule has 0 spiro atoms. The number of carbonyl (C=O) groups excluding carboxylic acids is 1. The molecule has 0 aromatic carbocycles. The molecule has 4 nitrogen and oxygen atoms in total. The predicted octanol–water partition coefficient (Wildman–Crippen LogP) is 19.5. The number of rotatable bonds is 55. The van der Waals surface area contributed by atoms with Gasteiger partial charge in [0.1, 0.15) is 0 Å². The number of hydrogen-bond donors (Lipinski definition) is 3. The van der Waals surface area contributed by atoms with E-state index in [4.69, 9.17) is 0 Å². The first-order valence-corrected chi connectivity index (χ1v) is 29.5. The van der Waals surface area contributed by atoms with Crippen LogP contribution >= 0.6 is 0 Å². The molecule has 2 atom stereocenters. The minimum Gasteiger partial charge on any atom is -0.394 e. The molecule has 0 fully saturated rings. The Balaban J connectivity index is 3.40. The van der Waals surface area contributed by atoms with Crippen LogP contribution in [-0.4, -0.2) is 34.9 Å². The molecule has 0 rings (SSSR count). The van der Waals surface area contributed by atoms with Gasteiger partial charge in [-0.15, -0.1) is 0 Å². The summed E-state index contributed by atoms with van der Waals surface area (Å²) in [6, 6.07) is -0.534. The quantitative estimate of drug-likeness (QED) is 0.0421. The fraction of sp³-hybridized carbons (Fsp3) is 0.917. The lowest BCUT2D eigenvalue weighted by atomic mass is 10.0. The number of nitrogens with one attached hydrogen (secondary N) is 1. The second-order valence-corrected chi connectivity index (χ2v) is 20.4. The van der Waals surface area contributed by atoms with Crippen LogP contribution in [0.5, 0.6) is 0 Å². The fourth-order valence-electron chi connectivity index (χ4n) is 9.45. The van der Waals surface area contributed by atoms with Crippen molar-refractivity contribution in [1.82, 2.24) is 5.32 Å². The molecule has 0 aromatic rings. The van der Waals surface area contributed by atoms with E-state index in [0.29, 0.717) is 12.8 Å². The molecule has 0 aliphatic carbocycles. The van der Waals surface area contributed by atoms with E-state index in [1.165, 1.54) is 276 Å². The Morgan fingerprint density at radius 1 is 0.375 bits per heavy atom. The van der Waals surface area contributed by atoms with Crippen molar-refractivity contribution in [1.29, 1.82) is 0 Å². The van der Waals surface area contributed by atoms with Crippen molar-refractivity contribution >= 4 is 5.91 Å². The topological polar surface area (TPSA) is 69.6 Å². The van der Waals surface area contributed by atoms with E-state index in [-0.39, 0.29) is 12.5 Å². The maximum Gasteiger partial charge on any atom is 0.220 e. The molecule has 380 valence electrons. The Labute approximate surface area is 402 Å². The zero-order valence-corrected chi connectivity index (χ0v) is 43.8. The molecule has 0 aromatic heterocycles. The van der Waals surface area contributed by atoms with Gasteiger partial charge in [0.2, 0.25) is 5.91 Å². The van der Waals surface area contributed by atoms with Gasteiger partial charge in [-0.2, -0.15) is 0 Å². The smallest absolute Gasteiger partial charge is 0.220 e. The van der Waals surface area contributed by atoms with Gasteiger partial charge in [-0.25, -0.2) is 0 Å². The number of aliphatic hydroxyl groups excluding tert-OH is 2. The van der Waals surface area contributed by atoms with E-state index in [1.807, 2.05) is 0 Å².